The maximum absolute atomic E-state index is 11.4. The molecule has 0 atom stereocenters. The van der Waals surface area contributed by atoms with Crippen molar-refractivity contribution < 1.29 is 14.6 Å². The standard InChI is InChI=1S/C14H17NO3/c1-3-18-10-14(17)15-13-7-6-12(5-4-8-16)11(2)9-13/h6-7,9,16H,3,8,10H2,1-2H3,(H,15,17). The molecule has 1 amide bonds. The van der Waals surface area contributed by atoms with Crippen molar-refractivity contribution in [3.63, 3.8) is 0 Å². The van der Waals surface area contributed by atoms with Crippen molar-refractivity contribution in [3.8, 4) is 11.8 Å². The van der Waals surface area contributed by atoms with Crippen LogP contribution in [0.15, 0.2) is 18.2 Å². The number of carbonyl (C=O) groups is 1. The minimum absolute atomic E-state index is 0.0572. The van der Waals surface area contributed by atoms with Crippen molar-refractivity contribution in [1.29, 1.82) is 0 Å². The first-order valence-corrected chi connectivity index (χ1v) is 5.75. The maximum atomic E-state index is 11.4. The molecule has 2 N–H and O–H groups in total. The topological polar surface area (TPSA) is 58.6 Å². The molecule has 1 rings (SSSR count). The van der Waals surface area contributed by atoms with Gasteiger partial charge in [-0.15, -0.1) is 0 Å². The minimum Gasteiger partial charge on any atom is -0.384 e. The zero-order chi connectivity index (χ0) is 13.4. The fourth-order valence-corrected chi connectivity index (χ4v) is 1.41. The fourth-order valence-electron chi connectivity index (χ4n) is 1.41. The molecule has 0 aromatic heterocycles. The number of ether oxygens (including phenoxy) is 1. The van der Waals surface area contributed by atoms with E-state index in [0.717, 1.165) is 11.1 Å². The third-order valence-electron chi connectivity index (χ3n) is 2.25. The van der Waals surface area contributed by atoms with Crippen molar-refractivity contribution >= 4 is 11.6 Å². The lowest BCUT2D eigenvalue weighted by atomic mass is 10.1. The van der Waals surface area contributed by atoms with E-state index in [1.807, 2.05) is 26.0 Å². The van der Waals surface area contributed by atoms with Gasteiger partial charge in [0.25, 0.3) is 0 Å². The van der Waals surface area contributed by atoms with E-state index in [4.69, 9.17) is 9.84 Å². The molecule has 1 aromatic carbocycles. The molecule has 0 fully saturated rings. The zero-order valence-electron chi connectivity index (χ0n) is 10.6. The number of carbonyl (C=O) groups excluding carboxylic acids is 1. The van der Waals surface area contributed by atoms with E-state index < -0.39 is 0 Å². The molecule has 0 radical (unpaired) electrons. The first kappa shape index (κ1) is 14.2. The smallest absolute Gasteiger partial charge is 0.250 e. The Kier molecular flexibility index (Phi) is 5.92. The summed E-state index contributed by atoms with van der Waals surface area (Å²) in [5, 5.41) is 11.4. The van der Waals surface area contributed by atoms with Gasteiger partial charge in [-0.05, 0) is 37.6 Å². The molecule has 4 nitrogen and oxygen atoms in total. The second kappa shape index (κ2) is 7.49. The summed E-state index contributed by atoms with van der Waals surface area (Å²) in [6, 6.07) is 5.43. The second-order valence-corrected chi connectivity index (χ2v) is 3.67. The lowest BCUT2D eigenvalue weighted by Crippen LogP contribution is -2.18. The van der Waals surface area contributed by atoms with E-state index in [1.165, 1.54) is 0 Å². The predicted molar refractivity (Wildman–Crippen MR) is 70.3 cm³/mol. The number of aryl methyl sites for hydroxylation is 1. The van der Waals surface area contributed by atoms with Crippen LogP contribution in [-0.4, -0.2) is 30.8 Å². The lowest BCUT2D eigenvalue weighted by Gasteiger charge is -2.07. The number of rotatable bonds is 4. The first-order chi connectivity index (χ1) is 8.67. The van der Waals surface area contributed by atoms with Gasteiger partial charge in [-0.1, -0.05) is 11.8 Å². The number of hydrogen-bond acceptors (Lipinski definition) is 3. The Morgan fingerprint density at radius 2 is 2.28 bits per heavy atom. The summed E-state index contributed by atoms with van der Waals surface area (Å²) in [5.74, 6) is 5.26. The van der Waals surface area contributed by atoms with Crippen LogP contribution >= 0.6 is 0 Å². The number of anilines is 1. The molecular weight excluding hydrogens is 230 g/mol. The van der Waals surface area contributed by atoms with E-state index in [9.17, 15) is 4.79 Å². The van der Waals surface area contributed by atoms with E-state index in [2.05, 4.69) is 17.2 Å². The van der Waals surface area contributed by atoms with E-state index >= 15 is 0 Å². The normalized spacial score (nSPS) is 9.50. The summed E-state index contributed by atoms with van der Waals surface area (Å²) in [5.41, 5.74) is 2.50. The molecule has 1 aromatic rings. The Morgan fingerprint density at radius 1 is 1.50 bits per heavy atom. The highest BCUT2D eigenvalue weighted by atomic mass is 16.5. The molecule has 0 aliphatic rings. The molecule has 0 heterocycles. The van der Waals surface area contributed by atoms with Gasteiger partial charge in [-0.25, -0.2) is 0 Å². The molecule has 0 unspecified atom stereocenters. The van der Waals surface area contributed by atoms with Gasteiger partial charge in [-0.3, -0.25) is 4.79 Å². The van der Waals surface area contributed by atoms with Gasteiger partial charge in [0, 0.05) is 17.9 Å². The van der Waals surface area contributed by atoms with Gasteiger partial charge in [0.1, 0.15) is 13.2 Å². The van der Waals surface area contributed by atoms with Crippen LogP contribution in [0.4, 0.5) is 5.69 Å². The van der Waals surface area contributed by atoms with Gasteiger partial charge in [-0.2, -0.15) is 0 Å². The van der Waals surface area contributed by atoms with Crippen LogP contribution in [-0.2, 0) is 9.53 Å². The molecule has 4 heteroatoms. The Morgan fingerprint density at radius 3 is 2.89 bits per heavy atom. The highest BCUT2D eigenvalue weighted by Gasteiger charge is 2.03. The molecule has 0 saturated heterocycles. The van der Waals surface area contributed by atoms with Crippen LogP contribution in [0.25, 0.3) is 0 Å². The van der Waals surface area contributed by atoms with Crippen LogP contribution in [0.2, 0.25) is 0 Å². The molecule has 0 aliphatic carbocycles. The van der Waals surface area contributed by atoms with Gasteiger partial charge in [0.15, 0.2) is 0 Å². The summed E-state index contributed by atoms with van der Waals surface area (Å²) in [4.78, 5) is 11.4. The average Bonchev–Trinajstić information content (AvgIpc) is 2.35. The molecular formula is C14H17NO3. The molecule has 0 spiro atoms. The largest absolute Gasteiger partial charge is 0.384 e. The Labute approximate surface area is 107 Å². The number of hydrogen-bond donors (Lipinski definition) is 2. The summed E-state index contributed by atoms with van der Waals surface area (Å²) < 4.78 is 5.01. The van der Waals surface area contributed by atoms with Gasteiger partial charge >= 0.3 is 0 Å². The summed E-state index contributed by atoms with van der Waals surface area (Å²) in [6.07, 6.45) is 0. The minimum atomic E-state index is -0.176. The quantitative estimate of drug-likeness (QED) is 0.789. The summed E-state index contributed by atoms with van der Waals surface area (Å²) in [7, 11) is 0. The number of nitrogens with one attached hydrogen (secondary N) is 1. The first-order valence-electron chi connectivity index (χ1n) is 5.75. The molecule has 0 bridgehead atoms. The third kappa shape index (κ3) is 4.58. The molecule has 0 saturated carbocycles. The maximum Gasteiger partial charge on any atom is 0.250 e. The highest BCUT2D eigenvalue weighted by molar-refractivity contribution is 5.91. The number of aliphatic hydroxyl groups is 1. The van der Waals surface area contributed by atoms with Crippen molar-refractivity contribution in [3.05, 3.63) is 29.3 Å². The molecule has 18 heavy (non-hydrogen) atoms. The Bertz CT molecular complexity index is 472. The Balaban J connectivity index is 2.69. The van der Waals surface area contributed by atoms with Crippen molar-refractivity contribution in [2.75, 3.05) is 25.1 Å². The summed E-state index contributed by atoms with van der Waals surface area (Å²) in [6.45, 7) is 4.15. The zero-order valence-corrected chi connectivity index (χ0v) is 10.6. The number of benzene rings is 1. The Hall–Kier alpha value is -1.83. The van der Waals surface area contributed by atoms with Crippen LogP contribution < -0.4 is 5.32 Å². The average molecular weight is 247 g/mol. The van der Waals surface area contributed by atoms with Gasteiger partial charge in [0.2, 0.25) is 5.91 Å². The van der Waals surface area contributed by atoms with Crippen molar-refractivity contribution in [1.82, 2.24) is 0 Å². The number of aliphatic hydroxyl groups excluding tert-OH is 1. The van der Waals surface area contributed by atoms with E-state index in [-0.39, 0.29) is 19.1 Å². The fraction of sp³-hybridized carbons (Fsp3) is 0.357. The van der Waals surface area contributed by atoms with Crippen LogP contribution in [0, 0.1) is 18.8 Å². The van der Waals surface area contributed by atoms with E-state index in [1.54, 1.807) is 6.07 Å². The number of amides is 1. The monoisotopic (exact) mass is 247 g/mol. The second-order valence-electron chi connectivity index (χ2n) is 3.67. The van der Waals surface area contributed by atoms with Crippen LogP contribution in [0.1, 0.15) is 18.1 Å². The third-order valence-corrected chi connectivity index (χ3v) is 2.25. The van der Waals surface area contributed by atoms with Crippen LogP contribution in [0.5, 0.6) is 0 Å². The van der Waals surface area contributed by atoms with Crippen molar-refractivity contribution in [2.24, 2.45) is 0 Å². The summed E-state index contributed by atoms with van der Waals surface area (Å²) >= 11 is 0. The van der Waals surface area contributed by atoms with Gasteiger partial charge in [0.05, 0.1) is 0 Å². The molecule has 0 aliphatic heterocycles. The highest BCUT2D eigenvalue weighted by Crippen LogP contribution is 2.14. The van der Waals surface area contributed by atoms with Crippen molar-refractivity contribution in [2.45, 2.75) is 13.8 Å². The van der Waals surface area contributed by atoms with Crippen LogP contribution in [0.3, 0.4) is 0 Å². The van der Waals surface area contributed by atoms with Gasteiger partial charge < -0.3 is 15.2 Å². The lowest BCUT2D eigenvalue weighted by molar-refractivity contribution is -0.120. The van der Waals surface area contributed by atoms with E-state index in [0.29, 0.717) is 12.3 Å². The predicted octanol–water partition coefficient (Wildman–Crippen LogP) is 1.31. The SMILES string of the molecule is CCOCC(=O)Nc1ccc(C#CCO)c(C)c1. The molecule has 96 valence electrons.